The van der Waals surface area contributed by atoms with Crippen LogP contribution in [0.2, 0.25) is 0 Å². The topological polar surface area (TPSA) is 88.2 Å². The monoisotopic (exact) mass is 261 g/mol. The number of hydrogen-bond donors (Lipinski definition) is 1. The first kappa shape index (κ1) is 13.3. The summed E-state index contributed by atoms with van der Waals surface area (Å²) in [6, 6.07) is 6.85. The summed E-state index contributed by atoms with van der Waals surface area (Å²) in [5.41, 5.74) is 0.511. The van der Waals surface area contributed by atoms with Crippen molar-refractivity contribution in [1.29, 1.82) is 5.26 Å². The molecule has 1 unspecified atom stereocenters. The Kier molecular flexibility index (Phi) is 3.97. The molecule has 1 N–H and O–H groups in total. The first-order valence-corrected chi connectivity index (χ1v) is 6.14. The van der Waals surface area contributed by atoms with E-state index in [2.05, 4.69) is 11.4 Å². The molecule has 1 aromatic carbocycles. The fourth-order valence-electron chi connectivity index (χ4n) is 1.79. The van der Waals surface area contributed by atoms with Gasteiger partial charge in [-0.3, -0.25) is 15.4 Å². The van der Waals surface area contributed by atoms with E-state index in [-0.39, 0.29) is 18.3 Å². The van der Waals surface area contributed by atoms with E-state index in [9.17, 15) is 10.1 Å². The van der Waals surface area contributed by atoms with Crippen LogP contribution >= 0.6 is 0 Å². The largest absolute Gasteiger partial charge is 0.490 e. The van der Waals surface area contributed by atoms with Gasteiger partial charge in [0.25, 0.3) is 5.69 Å². The highest BCUT2D eigenvalue weighted by molar-refractivity contribution is 5.48. The Morgan fingerprint density at radius 2 is 2.37 bits per heavy atom. The molecule has 0 saturated heterocycles. The van der Waals surface area contributed by atoms with Crippen molar-refractivity contribution in [2.45, 2.75) is 31.8 Å². The van der Waals surface area contributed by atoms with Crippen LogP contribution in [0.1, 0.15) is 18.4 Å². The third kappa shape index (κ3) is 3.42. The lowest BCUT2D eigenvalue weighted by atomic mass is 10.2. The predicted molar refractivity (Wildman–Crippen MR) is 68.9 cm³/mol. The van der Waals surface area contributed by atoms with Crippen molar-refractivity contribution in [3.63, 3.8) is 0 Å². The summed E-state index contributed by atoms with van der Waals surface area (Å²) in [5, 5.41) is 22.9. The minimum atomic E-state index is -0.438. The lowest BCUT2D eigenvalue weighted by Gasteiger charge is -2.13. The molecule has 19 heavy (non-hydrogen) atoms. The van der Waals surface area contributed by atoms with E-state index in [4.69, 9.17) is 10.00 Å². The third-order valence-electron chi connectivity index (χ3n) is 3.03. The van der Waals surface area contributed by atoms with E-state index < -0.39 is 4.92 Å². The van der Waals surface area contributed by atoms with Gasteiger partial charge in [-0.2, -0.15) is 5.26 Å². The summed E-state index contributed by atoms with van der Waals surface area (Å²) < 4.78 is 5.52. The van der Waals surface area contributed by atoms with Gasteiger partial charge in [-0.1, -0.05) is 6.07 Å². The highest BCUT2D eigenvalue weighted by Gasteiger charge is 2.25. The Bertz CT molecular complexity index is 520. The van der Waals surface area contributed by atoms with Crippen molar-refractivity contribution in [2.24, 2.45) is 0 Å². The summed E-state index contributed by atoms with van der Waals surface area (Å²) >= 11 is 0. The molecular weight excluding hydrogens is 246 g/mol. The van der Waals surface area contributed by atoms with E-state index >= 15 is 0 Å². The average Bonchev–Trinajstić information content (AvgIpc) is 3.19. The number of benzene rings is 1. The summed E-state index contributed by atoms with van der Waals surface area (Å²) in [4.78, 5) is 10.4. The van der Waals surface area contributed by atoms with Gasteiger partial charge < -0.3 is 4.74 Å². The van der Waals surface area contributed by atoms with Crippen LogP contribution in [0, 0.1) is 28.4 Å². The number of hydrogen-bond acceptors (Lipinski definition) is 5. The maximum Gasteiger partial charge on any atom is 0.276 e. The molecule has 1 aliphatic carbocycles. The molecule has 1 saturated carbocycles. The number of ether oxygens (including phenoxy) is 1. The van der Waals surface area contributed by atoms with E-state index in [1.807, 2.05) is 0 Å². The van der Waals surface area contributed by atoms with Crippen molar-refractivity contribution < 1.29 is 9.66 Å². The van der Waals surface area contributed by atoms with Gasteiger partial charge in [0.15, 0.2) is 0 Å². The molecule has 1 aliphatic rings. The van der Waals surface area contributed by atoms with Gasteiger partial charge in [0, 0.05) is 12.1 Å². The molecule has 2 rings (SSSR count). The third-order valence-corrected chi connectivity index (χ3v) is 3.03. The summed E-state index contributed by atoms with van der Waals surface area (Å²) in [6.07, 6.45) is 2.18. The molecule has 0 bridgehead atoms. The van der Waals surface area contributed by atoms with Crippen molar-refractivity contribution in [1.82, 2.24) is 5.32 Å². The smallest absolute Gasteiger partial charge is 0.276 e. The number of rotatable bonds is 6. The Labute approximate surface area is 111 Å². The zero-order valence-corrected chi connectivity index (χ0v) is 10.6. The van der Waals surface area contributed by atoms with Gasteiger partial charge in [0.05, 0.1) is 16.6 Å². The molecule has 0 heterocycles. The normalized spacial score (nSPS) is 15.6. The Morgan fingerprint density at radius 1 is 1.63 bits per heavy atom. The van der Waals surface area contributed by atoms with Gasteiger partial charge in [-0.05, 0) is 25.8 Å². The lowest BCUT2D eigenvalue weighted by molar-refractivity contribution is -0.385. The second-order valence-electron chi connectivity index (χ2n) is 4.59. The standard InChI is InChI=1S/C13H15N3O3/c1-9-12(16(17)18)3-2-4-13(9)19-8-11(7-14)15-10-5-6-10/h2-4,10-11,15H,5-6,8H2,1H3. The quantitative estimate of drug-likeness (QED) is 0.624. The second kappa shape index (κ2) is 5.67. The molecule has 0 aromatic heterocycles. The molecule has 1 atom stereocenters. The zero-order valence-electron chi connectivity index (χ0n) is 10.6. The zero-order chi connectivity index (χ0) is 13.8. The molecule has 1 fully saturated rings. The molecule has 6 nitrogen and oxygen atoms in total. The summed E-state index contributed by atoms with van der Waals surface area (Å²) in [6.45, 7) is 1.83. The first-order chi connectivity index (χ1) is 9.11. The van der Waals surface area contributed by atoms with Crippen molar-refractivity contribution in [3.8, 4) is 11.8 Å². The molecule has 1 aromatic rings. The fourth-order valence-corrected chi connectivity index (χ4v) is 1.79. The van der Waals surface area contributed by atoms with Gasteiger partial charge in [-0.25, -0.2) is 0 Å². The van der Waals surface area contributed by atoms with Crippen LogP contribution < -0.4 is 10.1 Å². The van der Waals surface area contributed by atoms with E-state index in [0.29, 0.717) is 17.4 Å². The van der Waals surface area contributed by atoms with Crippen molar-refractivity contribution in [3.05, 3.63) is 33.9 Å². The summed E-state index contributed by atoms with van der Waals surface area (Å²) in [5.74, 6) is 0.451. The molecule has 6 heteroatoms. The van der Waals surface area contributed by atoms with Crippen LogP contribution in [0.3, 0.4) is 0 Å². The van der Waals surface area contributed by atoms with Crippen molar-refractivity contribution in [2.75, 3.05) is 6.61 Å². The van der Waals surface area contributed by atoms with Gasteiger partial charge >= 0.3 is 0 Å². The van der Waals surface area contributed by atoms with E-state index in [1.165, 1.54) is 6.07 Å². The van der Waals surface area contributed by atoms with Gasteiger partial charge in [0.2, 0.25) is 0 Å². The Balaban J connectivity index is 2.00. The van der Waals surface area contributed by atoms with Crippen molar-refractivity contribution >= 4 is 5.69 Å². The van der Waals surface area contributed by atoms with Crippen LogP contribution in [-0.4, -0.2) is 23.6 Å². The molecule has 0 spiro atoms. The lowest BCUT2D eigenvalue weighted by Crippen LogP contribution is -2.34. The van der Waals surface area contributed by atoms with Crippen LogP contribution in [0.15, 0.2) is 18.2 Å². The molecule has 0 radical (unpaired) electrons. The Morgan fingerprint density at radius 3 is 2.95 bits per heavy atom. The number of nitrogens with one attached hydrogen (secondary N) is 1. The summed E-state index contributed by atoms with van der Waals surface area (Å²) in [7, 11) is 0. The number of nitro groups is 1. The van der Waals surface area contributed by atoms with E-state index in [1.54, 1.807) is 19.1 Å². The number of nitriles is 1. The second-order valence-corrected chi connectivity index (χ2v) is 4.59. The minimum Gasteiger partial charge on any atom is -0.490 e. The van der Waals surface area contributed by atoms with E-state index in [0.717, 1.165) is 12.8 Å². The van der Waals surface area contributed by atoms with Crippen LogP contribution in [0.4, 0.5) is 5.69 Å². The number of nitro benzene ring substituents is 1. The minimum absolute atomic E-state index is 0.0289. The molecule has 0 amide bonds. The van der Waals surface area contributed by atoms with Crippen LogP contribution in [0.25, 0.3) is 0 Å². The fraction of sp³-hybridized carbons (Fsp3) is 0.462. The van der Waals surface area contributed by atoms with Crippen LogP contribution in [0.5, 0.6) is 5.75 Å². The highest BCUT2D eigenvalue weighted by atomic mass is 16.6. The molecule has 0 aliphatic heterocycles. The van der Waals surface area contributed by atoms with Crippen LogP contribution in [-0.2, 0) is 0 Å². The number of nitrogens with zero attached hydrogens (tertiary/aromatic N) is 2. The van der Waals surface area contributed by atoms with Gasteiger partial charge in [-0.15, -0.1) is 0 Å². The molecule has 100 valence electrons. The maximum absolute atomic E-state index is 10.8. The SMILES string of the molecule is Cc1c(OCC(C#N)NC2CC2)cccc1[N+](=O)[O-]. The average molecular weight is 261 g/mol. The first-order valence-electron chi connectivity index (χ1n) is 6.14. The maximum atomic E-state index is 10.8. The highest BCUT2D eigenvalue weighted by Crippen LogP contribution is 2.27. The predicted octanol–water partition coefficient (Wildman–Crippen LogP) is 1.93. The Hall–Kier alpha value is -2.13. The van der Waals surface area contributed by atoms with Gasteiger partial charge in [0.1, 0.15) is 18.4 Å². The molecular formula is C13H15N3O3.